The average Bonchev–Trinajstić information content (AvgIpc) is 2.64. The van der Waals surface area contributed by atoms with Crippen LogP contribution in [0.1, 0.15) is 30.0 Å². The van der Waals surface area contributed by atoms with Crippen LogP contribution in [0.15, 0.2) is 18.2 Å². The predicted molar refractivity (Wildman–Crippen MR) is 80.2 cm³/mol. The van der Waals surface area contributed by atoms with Crippen molar-refractivity contribution in [1.82, 2.24) is 10.2 Å². The Morgan fingerprint density at radius 3 is 2.42 bits per heavy atom. The largest absolute Gasteiger partial charge is 0.391 e. The van der Waals surface area contributed by atoms with E-state index >= 15 is 0 Å². The van der Waals surface area contributed by atoms with Gasteiger partial charge in [0.15, 0.2) is 0 Å². The van der Waals surface area contributed by atoms with Crippen molar-refractivity contribution in [2.24, 2.45) is 0 Å². The zero-order valence-electron chi connectivity index (χ0n) is 13.6. The van der Waals surface area contributed by atoms with E-state index in [0.29, 0.717) is 10.5 Å². The number of amides is 3. The van der Waals surface area contributed by atoms with Crippen LogP contribution in [0, 0.1) is 13.8 Å². The van der Waals surface area contributed by atoms with Gasteiger partial charge in [0.25, 0.3) is 5.91 Å². The summed E-state index contributed by atoms with van der Waals surface area (Å²) in [6.45, 7) is 4.54. The molecule has 132 valence electrons. The molecule has 8 heteroatoms. The van der Waals surface area contributed by atoms with Gasteiger partial charge in [-0.3, -0.25) is 9.69 Å². The molecule has 0 spiro atoms. The first-order chi connectivity index (χ1) is 10.9. The number of hydrogen-bond donors (Lipinski definition) is 2. The van der Waals surface area contributed by atoms with Gasteiger partial charge in [0, 0.05) is 0 Å². The van der Waals surface area contributed by atoms with Gasteiger partial charge in [-0.05, 0) is 37.5 Å². The monoisotopic (exact) mass is 344 g/mol. The molecule has 0 saturated carbocycles. The van der Waals surface area contributed by atoms with Gasteiger partial charge >= 0.3 is 12.2 Å². The number of aliphatic hydroxyl groups is 1. The highest BCUT2D eigenvalue weighted by Gasteiger charge is 2.49. The Morgan fingerprint density at radius 2 is 1.88 bits per heavy atom. The molecule has 1 aromatic carbocycles. The standard InChI is InChI=1S/C16H19F3N2O3/c1-9-4-5-11(6-10(9)2)15(3)13(23)21(14(24)20-15)8-12(22)7-16(17,18)19/h4-6,12,22H,7-8H2,1-3H3,(H,20,24)/t12-,15+/m1/s1. The second-order valence-corrected chi connectivity index (χ2v) is 6.24. The highest BCUT2D eigenvalue weighted by Crippen LogP contribution is 2.31. The maximum atomic E-state index is 12.6. The topological polar surface area (TPSA) is 69.6 Å². The molecule has 0 bridgehead atoms. The molecule has 1 fully saturated rings. The number of alkyl halides is 3. The number of hydrogen-bond acceptors (Lipinski definition) is 3. The van der Waals surface area contributed by atoms with E-state index in [1.54, 1.807) is 18.2 Å². The first-order valence-electron chi connectivity index (χ1n) is 7.40. The molecular weight excluding hydrogens is 325 g/mol. The minimum absolute atomic E-state index is 0.539. The van der Waals surface area contributed by atoms with Gasteiger partial charge in [-0.15, -0.1) is 0 Å². The van der Waals surface area contributed by atoms with E-state index in [2.05, 4.69) is 5.32 Å². The zero-order valence-corrected chi connectivity index (χ0v) is 13.6. The van der Waals surface area contributed by atoms with Crippen molar-refractivity contribution in [2.75, 3.05) is 6.54 Å². The van der Waals surface area contributed by atoms with Crippen molar-refractivity contribution in [3.05, 3.63) is 34.9 Å². The lowest BCUT2D eigenvalue weighted by Gasteiger charge is -2.24. The summed E-state index contributed by atoms with van der Waals surface area (Å²) in [6, 6.07) is 4.43. The van der Waals surface area contributed by atoms with E-state index in [9.17, 15) is 27.9 Å². The number of aliphatic hydroxyl groups excluding tert-OH is 1. The first kappa shape index (κ1) is 18.3. The molecule has 5 nitrogen and oxygen atoms in total. The van der Waals surface area contributed by atoms with Crippen molar-refractivity contribution < 1.29 is 27.9 Å². The Morgan fingerprint density at radius 1 is 1.25 bits per heavy atom. The van der Waals surface area contributed by atoms with E-state index in [1.165, 1.54) is 6.92 Å². The summed E-state index contributed by atoms with van der Waals surface area (Å²) in [6.07, 6.45) is -7.91. The van der Waals surface area contributed by atoms with Crippen LogP contribution in [0.4, 0.5) is 18.0 Å². The van der Waals surface area contributed by atoms with Gasteiger partial charge in [-0.2, -0.15) is 13.2 Å². The molecule has 0 unspecified atom stereocenters. The third-order valence-electron chi connectivity index (χ3n) is 4.22. The fraction of sp³-hybridized carbons (Fsp3) is 0.500. The fourth-order valence-electron chi connectivity index (χ4n) is 2.65. The molecule has 2 rings (SSSR count). The molecule has 1 aliphatic heterocycles. The van der Waals surface area contributed by atoms with Crippen molar-refractivity contribution >= 4 is 11.9 Å². The van der Waals surface area contributed by atoms with Gasteiger partial charge in [0.05, 0.1) is 19.1 Å². The summed E-state index contributed by atoms with van der Waals surface area (Å²) in [5.41, 5.74) is 1.10. The molecule has 2 N–H and O–H groups in total. The Kier molecular flexibility index (Phi) is 4.63. The molecule has 2 atom stereocenters. The number of nitrogens with one attached hydrogen (secondary N) is 1. The number of benzene rings is 1. The van der Waals surface area contributed by atoms with E-state index < -0.39 is 42.7 Å². The highest BCUT2D eigenvalue weighted by molar-refractivity contribution is 6.07. The van der Waals surface area contributed by atoms with E-state index in [-0.39, 0.29) is 0 Å². The van der Waals surface area contributed by atoms with Crippen LogP contribution in [0.25, 0.3) is 0 Å². The highest BCUT2D eigenvalue weighted by atomic mass is 19.4. The van der Waals surface area contributed by atoms with Crippen LogP contribution in [0.3, 0.4) is 0 Å². The molecule has 3 amide bonds. The molecule has 0 radical (unpaired) electrons. The molecule has 1 heterocycles. The smallest absolute Gasteiger partial charge is 0.391 e. The van der Waals surface area contributed by atoms with Gasteiger partial charge < -0.3 is 10.4 Å². The molecule has 0 aliphatic carbocycles. The minimum Gasteiger partial charge on any atom is -0.391 e. The second kappa shape index (κ2) is 6.08. The summed E-state index contributed by atoms with van der Waals surface area (Å²) in [5, 5.41) is 12.0. The van der Waals surface area contributed by atoms with Crippen molar-refractivity contribution in [1.29, 1.82) is 0 Å². The second-order valence-electron chi connectivity index (χ2n) is 6.24. The molecular formula is C16H19F3N2O3. The maximum Gasteiger partial charge on any atom is 0.391 e. The van der Waals surface area contributed by atoms with Crippen molar-refractivity contribution in [3.8, 4) is 0 Å². The predicted octanol–water partition coefficient (Wildman–Crippen LogP) is 2.38. The quantitative estimate of drug-likeness (QED) is 0.824. The molecule has 1 saturated heterocycles. The first-order valence-corrected chi connectivity index (χ1v) is 7.40. The van der Waals surface area contributed by atoms with Gasteiger partial charge in [-0.25, -0.2) is 4.79 Å². The van der Waals surface area contributed by atoms with Crippen LogP contribution in [0.5, 0.6) is 0 Å². The number of β-amino-alcohol motifs (C(OH)–C–C–N with tert-alkyl or cyclic N) is 1. The van der Waals surface area contributed by atoms with Crippen molar-refractivity contribution in [2.45, 2.75) is 45.0 Å². The molecule has 0 aromatic heterocycles. The third kappa shape index (κ3) is 3.53. The Hall–Kier alpha value is -2.09. The lowest BCUT2D eigenvalue weighted by atomic mass is 9.89. The molecule has 1 aromatic rings. The fourth-order valence-corrected chi connectivity index (χ4v) is 2.65. The zero-order chi connectivity index (χ0) is 18.3. The number of rotatable bonds is 4. The van der Waals surface area contributed by atoms with Crippen LogP contribution in [-0.4, -0.2) is 40.8 Å². The number of urea groups is 1. The Balaban J connectivity index is 2.22. The van der Waals surface area contributed by atoms with Gasteiger partial charge in [0.2, 0.25) is 0 Å². The van der Waals surface area contributed by atoms with Crippen LogP contribution >= 0.6 is 0 Å². The SMILES string of the molecule is Cc1ccc([C@]2(C)NC(=O)N(C[C@H](O)CC(F)(F)F)C2=O)cc1C. The summed E-state index contributed by atoms with van der Waals surface area (Å²) in [5.74, 6) is -0.683. The molecule has 1 aliphatic rings. The Labute approximate surface area is 137 Å². The number of aryl methyl sites for hydroxylation is 2. The van der Waals surface area contributed by atoms with Crippen LogP contribution < -0.4 is 5.32 Å². The summed E-state index contributed by atoms with van der Waals surface area (Å²) < 4.78 is 36.9. The number of carbonyl (C=O) groups is 2. The Bertz CT molecular complexity index is 675. The number of imide groups is 1. The normalized spacial score (nSPS) is 22.7. The average molecular weight is 344 g/mol. The lowest BCUT2D eigenvalue weighted by molar-refractivity contribution is -0.156. The summed E-state index contributed by atoms with van der Waals surface area (Å²) in [7, 11) is 0. The number of nitrogens with zero attached hydrogens (tertiary/aromatic N) is 1. The summed E-state index contributed by atoms with van der Waals surface area (Å²) >= 11 is 0. The number of halogens is 3. The van der Waals surface area contributed by atoms with Gasteiger partial charge in [0.1, 0.15) is 5.54 Å². The van der Waals surface area contributed by atoms with Crippen LogP contribution in [0.2, 0.25) is 0 Å². The minimum atomic E-state index is -4.57. The number of carbonyl (C=O) groups excluding carboxylic acids is 2. The van der Waals surface area contributed by atoms with Gasteiger partial charge in [-0.1, -0.05) is 18.2 Å². The van der Waals surface area contributed by atoms with Crippen molar-refractivity contribution in [3.63, 3.8) is 0 Å². The van der Waals surface area contributed by atoms with E-state index in [0.717, 1.165) is 11.1 Å². The van der Waals surface area contributed by atoms with E-state index in [4.69, 9.17) is 0 Å². The molecule has 24 heavy (non-hydrogen) atoms. The van der Waals surface area contributed by atoms with Crippen LogP contribution in [-0.2, 0) is 10.3 Å². The summed E-state index contributed by atoms with van der Waals surface area (Å²) in [4.78, 5) is 25.2. The lowest BCUT2D eigenvalue weighted by Crippen LogP contribution is -2.42. The maximum absolute atomic E-state index is 12.6. The van der Waals surface area contributed by atoms with E-state index in [1.807, 2.05) is 13.8 Å². The third-order valence-corrected chi connectivity index (χ3v) is 4.22.